The Kier molecular flexibility index (Phi) is 4.66. The summed E-state index contributed by atoms with van der Waals surface area (Å²) in [4.78, 5) is 39.6. The monoisotopic (exact) mass is 350 g/mol. The van der Waals surface area contributed by atoms with Crippen LogP contribution >= 0.6 is 11.3 Å². The maximum atomic E-state index is 12.5. The number of thiazole rings is 1. The molecule has 0 radical (unpaired) electrons. The number of ether oxygens (including phenoxy) is 1. The van der Waals surface area contributed by atoms with Crippen molar-refractivity contribution in [1.29, 1.82) is 0 Å². The molecule has 0 spiro atoms. The van der Waals surface area contributed by atoms with Crippen LogP contribution in [0, 0.1) is 23.7 Å². The molecule has 0 aromatic carbocycles. The fourth-order valence-corrected chi connectivity index (χ4v) is 4.22. The van der Waals surface area contributed by atoms with E-state index >= 15 is 0 Å². The maximum Gasteiger partial charge on any atom is 0.311 e. The van der Waals surface area contributed by atoms with Crippen LogP contribution in [0.15, 0.2) is 17.5 Å². The zero-order chi connectivity index (χ0) is 17.3. The zero-order valence-electron chi connectivity index (χ0n) is 13.1. The van der Waals surface area contributed by atoms with Crippen molar-refractivity contribution in [2.45, 2.75) is 19.8 Å². The van der Waals surface area contributed by atoms with Crippen LogP contribution in [0.4, 0.5) is 5.13 Å². The largest absolute Gasteiger partial charge is 0.481 e. The van der Waals surface area contributed by atoms with Crippen molar-refractivity contribution in [1.82, 2.24) is 4.98 Å². The second-order valence-electron chi connectivity index (χ2n) is 5.95. The summed E-state index contributed by atoms with van der Waals surface area (Å²) in [6, 6.07) is 0. The van der Waals surface area contributed by atoms with Gasteiger partial charge < -0.3 is 15.2 Å². The molecule has 0 aliphatic heterocycles. The Balaban J connectivity index is 1.65. The first-order chi connectivity index (χ1) is 11.5. The van der Waals surface area contributed by atoms with Crippen molar-refractivity contribution in [3.05, 3.63) is 23.2 Å². The molecule has 2 aliphatic carbocycles. The highest BCUT2D eigenvalue weighted by Gasteiger charge is 2.51. The number of carbonyl (C=O) groups is 3. The summed E-state index contributed by atoms with van der Waals surface area (Å²) in [5.41, 5.74) is 0.524. The van der Waals surface area contributed by atoms with Crippen molar-refractivity contribution in [3.63, 3.8) is 0 Å². The number of aliphatic carboxylic acids is 1. The topological polar surface area (TPSA) is 106 Å². The number of anilines is 1. The first-order valence-electron chi connectivity index (χ1n) is 7.81. The fourth-order valence-electron chi connectivity index (χ4n) is 3.51. The van der Waals surface area contributed by atoms with Crippen LogP contribution in [0.2, 0.25) is 0 Å². The third kappa shape index (κ3) is 3.19. The number of carboxylic acid groups (broad SMARTS) is 1. The fraction of sp³-hybridized carbons (Fsp3) is 0.500. The summed E-state index contributed by atoms with van der Waals surface area (Å²) in [6.07, 6.45) is 4.59. The molecule has 2 N–H and O–H groups in total. The number of nitrogens with zero attached hydrogens (tertiary/aromatic N) is 1. The van der Waals surface area contributed by atoms with E-state index in [0.29, 0.717) is 23.9 Å². The summed E-state index contributed by atoms with van der Waals surface area (Å²) >= 11 is 1.21. The molecule has 7 nitrogen and oxygen atoms in total. The molecule has 4 atom stereocenters. The van der Waals surface area contributed by atoms with E-state index in [4.69, 9.17) is 4.74 Å². The Labute approximate surface area is 142 Å². The van der Waals surface area contributed by atoms with Gasteiger partial charge in [0.25, 0.3) is 0 Å². The van der Waals surface area contributed by atoms with Gasteiger partial charge in [-0.25, -0.2) is 4.98 Å². The van der Waals surface area contributed by atoms with E-state index in [1.165, 1.54) is 11.3 Å². The number of esters is 1. The molecule has 1 fully saturated rings. The second kappa shape index (κ2) is 6.72. The smallest absolute Gasteiger partial charge is 0.311 e. The molecule has 2 aliphatic rings. The van der Waals surface area contributed by atoms with Crippen LogP contribution in [-0.2, 0) is 25.5 Å². The lowest BCUT2D eigenvalue weighted by atomic mass is 9.82. The van der Waals surface area contributed by atoms with E-state index in [9.17, 15) is 19.5 Å². The van der Waals surface area contributed by atoms with Gasteiger partial charge in [-0.1, -0.05) is 12.2 Å². The van der Waals surface area contributed by atoms with E-state index in [0.717, 1.165) is 0 Å². The summed E-state index contributed by atoms with van der Waals surface area (Å²) in [6.45, 7) is 2.04. The third-order valence-corrected chi connectivity index (χ3v) is 5.27. The number of allylic oxidation sites excluding steroid dienone is 2. The van der Waals surface area contributed by atoms with Crippen LogP contribution in [0.5, 0.6) is 0 Å². The molecule has 128 valence electrons. The molecular weight excluding hydrogens is 332 g/mol. The van der Waals surface area contributed by atoms with Crippen LogP contribution < -0.4 is 5.32 Å². The highest BCUT2D eigenvalue weighted by molar-refractivity contribution is 7.13. The number of aromatic nitrogens is 1. The standard InChI is InChI=1S/C16H18N2O5S/c1-2-23-11(19)6-10-7-24-16(17-10)18-14(20)12-8-3-4-9(5-8)13(12)15(21)22/h3-4,7-9,12-13H,2,5-6H2,1H3,(H,21,22)(H,17,18,20)/t8-,9-,12+,13-/m0/s1. The van der Waals surface area contributed by atoms with E-state index in [-0.39, 0.29) is 30.1 Å². The van der Waals surface area contributed by atoms with Gasteiger partial charge in [-0.15, -0.1) is 11.3 Å². The molecule has 1 aromatic heterocycles. The van der Waals surface area contributed by atoms with Crippen LogP contribution in [0.3, 0.4) is 0 Å². The van der Waals surface area contributed by atoms with Gasteiger partial charge in [-0.3, -0.25) is 14.4 Å². The summed E-state index contributed by atoms with van der Waals surface area (Å²) < 4.78 is 4.86. The van der Waals surface area contributed by atoms with Gasteiger partial charge >= 0.3 is 11.9 Å². The summed E-state index contributed by atoms with van der Waals surface area (Å²) in [5, 5.41) is 14.1. The minimum Gasteiger partial charge on any atom is -0.481 e. The average molecular weight is 350 g/mol. The summed E-state index contributed by atoms with van der Waals surface area (Å²) in [7, 11) is 0. The molecule has 1 heterocycles. The number of amides is 1. The quantitative estimate of drug-likeness (QED) is 0.598. The van der Waals surface area contributed by atoms with Crippen molar-refractivity contribution in [2.24, 2.45) is 23.7 Å². The number of carbonyl (C=O) groups excluding carboxylic acids is 2. The molecule has 3 rings (SSSR count). The number of rotatable bonds is 6. The highest BCUT2D eigenvalue weighted by Crippen LogP contribution is 2.48. The second-order valence-corrected chi connectivity index (χ2v) is 6.81. The summed E-state index contributed by atoms with van der Waals surface area (Å²) in [5.74, 6) is -2.99. The Morgan fingerprint density at radius 3 is 2.71 bits per heavy atom. The van der Waals surface area contributed by atoms with Gasteiger partial charge in [0.05, 0.1) is 30.6 Å². The Hall–Kier alpha value is -2.22. The lowest BCUT2D eigenvalue weighted by molar-refractivity contribution is -0.146. The Morgan fingerprint density at radius 2 is 2.04 bits per heavy atom. The first kappa shape index (κ1) is 16.6. The van der Waals surface area contributed by atoms with Gasteiger partial charge in [-0.2, -0.15) is 0 Å². The Bertz CT molecular complexity index is 698. The molecule has 24 heavy (non-hydrogen) atoms. The minimum atomic E-state index is -0.936. The van der Waals surface area contributed by atoms with Crippen molar-refractivity contribution in [2.75, 3.05) is 11.9 Å². The van der Waals surface area contributed by atoms with Crippen molar-refractivity contribution in [3.8, 4) is 0 Å². The van der Waals surface area contributed by atoms with Crippen LogP contribution in [0.1, 0.15) is 19.0 Å². The SMILES string of the molecule is CCOC(=O)Cc1csc(NC(=O)[C@H]2[C@@H](C(=O)O)[C@H]3C=C[C@H]2C3)n1. The number of hydrogen-bond acceptors (Lipinski definition) is 6. The average Bonchev–Trinajstić information content (AvgIpc) is 3.22. The molecule has 0 unspecified atom stereocenters. The lowest BCUT2D eigenvalue weighted by Gasteiger charge is -2.23. The minimum absolute atomic E-state index is 0.0323. The predicted molar refractivity (Wildman–Crippen MR) is 86.4 cm³/mol. The van der Waals surface area contributed by atoms with E-state index in [1.54, 1.807) is 12.3 Å². The normalized spacial score (nSPS) is 27.2. The van der Waals surface area contributed by atoms with E-state index in [2.05, 4.69) is 10.3 Å². The van der Waals surface area contributed by atoms with Crippen molar-refractivity contribution < 1.29 is 24.2 Å². The first-order valence-corrected chi connectivity index (χ1v) is 8.69. The number of hydrogen-bond donors (Lipinski definition) is 2. The predicted octanol–water partition coefficient (Wildman–Crippen LogP) is 1.71. The highest BCUT2D eigenvalue weighted by atomic mass is 32.1. The zero-order valence-corrected chi connectivity index (χ0v) is 13.9. The van der Waals surface area contributed by atoms with E-state index in [1.807, 2.05) is 12.2 Å². The molecule has 1 aromatic rings. The van der Waals surface area contributed by atoms with Gasteiger partial charge in [0.1, 0.15) is 0 Å². The number of fused-ring (bicyclic) bond motifs is 2. The van der Waals surface area contributed by atoms with Gasteiger partial charge in [-0.05, 0) is 25.2 Å². The van der Waals surface area contributed by atoms with Crippen molar-refractivity contribution >= 4 is 34.3 Å². The van der Waals surface area contributed by atoms with Gasteiger partial charge in [0.15, 0.2) is 5.13 Å². The van der Waals surface area contributed by atoms with Gasteiger partial charge in [0, 0.05) is 5.38 Å². The van der Waals surface area contributed by atoms with Crippen LogP contribution in [0.25, 0.3) is 0 Å². The van der Waals surface area contributed by atoms with E-state index < -0.39 is 17.8 Å². The Morgan fingerprint density at radius 1 is 1.33 bits per heavy atom. The maximum absolute atomic E-state index is 12.5. The third-order valence-electron chi connectivity index (χ3n) is 4.46. The molecular formula is C16H18N2O5S. The van der Waals surface area contributed by atoms with Gasteiger partial charge in [0.2, 0.25) is 5.91 Å². The lowest BCUT2D eigenvalue weighted by Crippen LogP contribution is -2.36. The molecule has 8 heteroatoms. The molecule has 1 amide bonds. The molecule has 1 saturated carbocycles. The van der Waals surface area contributed by atoms with Crippen LogP contribution in [-0.4, -0.2) is 34.5 Å². The number of nitrogens with one attached hydrogen (secondary N) is 1. The molecule has 0 saturated heterocycles. The number of carboxylic acids is 1. The molecule has 2 bridgehead atoms.